The molecule has 0 aromatic heterocycles. The molecule has 1 amide bonds. The van der Waals surface area contributed by atoms with Gasteiger partial charge in [0.15, 0.2) is 0 Å². The van der Waals surface area contributed by atoms with Crippen LogP contribution in [-0.4, -0.2) is 36.5 Å². The summed E-state index contributed by atoms with van der Waals surface area (Å²) in [6.07, 6.45) is 0. The summed E-state index contributed by atoms with van der Waals surface area (Å²) >= 11 is 0. The van der Waals surface area contributed by atoms with E-state index >= 15 is 0 Å². The van der Waals surface area contributed by atoms with E-state index in [1.54, 1.807) is 55.5 Å². The second kappa shape index (κ2) is 9.85. The Balaban J connectivity index is 1.96. The van der Waals surface area contributed by atoms with Crippen molar-refractivity contribution in [2.75, 3.05) is 18.6 Å². The van der Waals surface area contributed by atoms with E-state index in [1.165, 1.54) is 18.1 Å². The van der Waals surface area contributed by atoms with Crippen LogP contribution >= 0.6 is 0 Å². The van der Waals surface area contributed by atoms with Crippen molar-refractivity contribution in [1.82, 2.24) is 0 Å². The summed E-state index contributed by atoms with van der Waals surface area (Å²) in [7, 11) is 1.46. The number of benzene rings is 3. The van der Waals surface area contributed by atoms with Crippen molar-refractivity contribution in [2.45, 2.75) is 19.9 Å². The van der Waals surface area contributed by atoms with Gasteiger partial charge in [0.05, 0.1) is 36.5 Å². The van der Waals surface area contributed by atoms with Crippen molar-refractivity contribution in [2.24, 2.45) is 0 Å². The number of carbonyl (C=O) groups excluding carboxylic acids is 3. The minimum Gasteiger partial charge on any atom is -0.507 e. The number of anilines is 1. The fourth-order valence-electron chi connectivity index (χ4n) is 4.27. The normalized spacial score (nSPS) is 16.9. The van der Waals surface area contributed by atoms with Crippen molar-refractivity contribution in [3.05, 3.63) is 101 Å². The Morgan fingerprint density at radius 3 is 2.43 bits per heavy atom. The third kappa shape index (κ3) is 4.28. The van der Waals surface area contributed by atoms with Gasteiger partial charge >= 0.3 is 5.97 Å². The van der Waals surface area contributed by atoms with Crippen LogP contribution in [0, 0.1) is 6.92 Å². The molecule has 1 saturated heterocycles. The molecule has 1 fully saturated rings. The number of esters is 1. The smallest absolute Gasteiger partial charge is 0.338 e. The number of Topliss-reactive ketones (excluding diaryl/α,β-unsaturated/α-hetero) is 1. The van der Waals surface area contributed by atoms with Gasteiger partial charge < -0.3 is 14.6 Å². The predicted octanol–water partition coefficient (Wildman–Crippen LogP) is 4.81. The molecule has 1 aliphatic rings. The summed E-state index contributed by atoms with van der Waals surface area (Å²) in [5.41, 5.74) is 2.33. The topological polar surface area (TPSA) is 93.1 Å². The van der Waals surface area contributed by atoms with Gasteiger partial charge in [0.25, 0.3) is 11.7 Å². The molecular formula is C28H25NO6. The van der Waals surface area contributed by atoms with Crippen LogP contribution in [0.2, 0.25) is 0 Å². The van der Waals surface area contributed by atoms with Gasteiger partial charge in [-0.3, -0.25) is 14.5 Å². The van der Waals surface area contributed by atoms with Crippen molar-refractivity contribution >= 4 is 29.1 Å². The molecule has 1 aliphatic heterocycles. The first kappa shape index (κ1) is 23.8. The Hall–Kier alpha value is -4.39. The standard InChI is InChI=1S/C28H25NO6/c1-4-35-28(33)18-11-9-12-19(16-18)29-24(20-13-6-5-10-17(20)2)23(26(31)27(29)32)25(30)21-14-7-8-15-22(21)34-3/h5-16,24,30H,4H2,1-3H3/b25-23+. The number of methoxy groups -OCH3 is 1. The maximum atomic E-state index is 13.4. The first-order valence-corrected chi connectivity index (χ1v) is 11.2. The zero-order chi connectivity index (χ0) is 25.1. The van der Waals surface area contributed by atoms with Gasteiger partial charge in [0.1, 0.15) is 11.5 Å². The van der Waals surface area contributed by atoms with Gasteiger partial charge in [0.2, 0.25) is 0 Å². The SMILES string of the molecule is CCOC(=O)c1cccc(N2C(=O)C(=O)/C(=C(/O)c3ccccc3OC)C2c2ccccc2C)c1. The van der Waals surface area contributed by atoms with E-state index < -0.39 is 23.7 Å². The highest BCUT2D eigenvalue weighted by Crippen LogP contribution is 2.44. The number of ketones is 1. The number of para-hydroxylation sites is 1. The third-order valence-corrected chi connectivity index (χ3v) is 5.93. The number of ether oxygens (including phenoxy) is 2. The molecule has 7 heteroatoms. The first-order valence-electron chi connectivity index (χ1n) is 11.2. The molecule has 1 heterocycles. The van der Waals surface area contributed by atoms with E-state index in [4.69, 9.17) is 9.47 Å². The van der Waals surface area contributed by atoms with Crippen molar-refractivity contribution < 1.29 is 29.0 Å². The zero-order valence-corrected chi connectivity index (χ0v) is 19.6. The molecule has 7 nitrogen and oxygen atoms in total. The molecule has 0 saturated carbocycles. The average molecular weight is 472 g/mol. The molecule has 1 atom stereocenters. The number of hydrogen-bond donors (Lipinski definition) is 1. The molecule has 1 unspecified atom stereocenters. The number of nitrogens with zero attached hydrogens (tertiary/aromatic N) is 1. The number of aryl methyl sites for hydroxylation is 1. The molecule has 3 aromatic rings. The number of amides is 1. The summed E-state index contributed by atoms with van der Waals surface area (Å²) in [5.74, 6) is -2.14. The van der Waals surface area contributed by atoms with Crippen molar-refractivity contribution in [3.8, 4) is 5.75 Å². The van der Waals surface area contributed by atoms with Crippen LogP contribution in [0.4, 0.5) is 5.69 Å². The van der Waals surface area contributed by atoms with Crippen LogP contribution in [0.25, 0.3) is 5.76 Å². The molecular weight excluding hydrogens is 446 g/mol. The predicted molar refractivity (Wildman–Crippen MR) is 131 cm³/mol. The minimum absolute atomic E-state index is 0.0599. The van der Waals surface area contributed by atoms with Gasteiger partial charge in [-0.25, -0.2) is 4.79 Å². The Labute approximate surface area is 203 Å². The Morgan fingerprint density at radius 2 is 1.71 bits per heavy atom. The maximum Gasteiger partial charge on any atom is 0.338 e. The molecule has 178 valence electrons. The highest BCUT2D eigenvalue weighted by Gasteiger charge is 2.47. The van der Waals surface area contributed by atoms with Crippen molar-refractivity contribution in [3.63, 3.8) is 0 Å². The fraction of sp³-hybridized carbons (Fsp3) is 0.179. The lowest BCUT2D eigenvalue weighted by Gasteiger charge is -2.27. The number of aliphatic hydroxyl groups is 1. The van der Waals surface area contributed by atoms with E-state index in [0.717, 1.165) is 5.56 Å². The highest BCUT2D eigenvalue weighted by molar-refractivity contribution is 6.51. The monoisotopic (exact) mass is 471 g/mol. The van der Waals surface area contributed by atoms with E-state index in [1.807, 2.05) is 25.1 Å². The van der Waals surface area contributed by atoms with E-state index in [2.05, 4.69) is 0 Å². The maximum absolute atomic E-state index is 13.4. The zero-order valence-electron chi connectivity index (χ0n) is 19.6. The van der Waals surface area contributed by atoms with Crippen LogP contribution < -0.4 is 9.64 Å². The van der Waals surface area contributed by atoms with E-state index in [-0.39, 0.29) is 23.5 Å². The van der Waals surface area contributed by atoms with E-state index in [0.29, 0.717) is 22.6 Å². The number of rotatable bonds is 6. The van der Waals surface area contributed by atoms with E-state index in [9.17, 15) is 19.5 Å². The second-order valence-corrected chi connectivity index (χ2v) is 8.00. The van der Waals surface area contributed by atoms with Gasteiger partial charge in [-0.2, -0.15) is 0 Å². The van der Waals surface area contributed by atoms with Crippen LogP contribution in [0.5, 0.6) is 5.75 Å². The molecule has 0 aliphatic carbocycles. The molecule has 1 N–H and O–H groups in total. The summed E-state index contributed by atoms with van der Waals surface area (Å²) < 4.78 is 10.5. The van der Waals surface area contributed by atoms with Crippen LogP contribution in [-0.2, 0) is 14.3 Å². The average Bonchev–Trinajstić information content (AvgIpc) is 3.14. The second-order valence-electron chi connectivity index (χ2n) is 8.00. The largest absolute Gasteiger partial charge is 0.507 e. The van der Waals surface area contributed by atoms with Crippen LogP contribution in [0.1, 0.15) is 40.0 Å². The fourth-order valence-corrected chi connectivity index (χ4v) is 4.27. The summed E-state index contributed by atoms with van der Waals surface area (Å²) in [6, 6.07) is 19.5. The molecule has 35 heavy (non-hydrogen) atoms. The summed E-state index contributed by atoms with van der Waals surface area (Å²) in [5, 5.41) is 11.3. The van der Waals surface area contributed by atoms with Gasteiger partial charge in [-0.15, -0.1) is 0 Å². The first-order chi connectivity index (χ1) is 16.9. The van der Waals surface area contributed by atoms with Crippen molar-refractivity contribution in [1.29, 1.82) is 0 Å². The number of aliphatic hydroxyl groups excluding tert-OH is 1. The lowest BCUT2D eigenvalue weighted by atomic mass is 9.92. The Bertz CT molecular complexity index is 1340. The quantitative estimate of drug-likeness (QED) is 0.240. The number of carbonyl (C=O) groups is 3. The van der Waals surface area contributed by atoms with Gasteiger partial charge in [0, 0.05) is 5.69 Å². The summed E-state index contributed by atoms with van der Waals surface area (Å²) in [6.45, 7) is 3.78. The van der Waals surface area contributed by atoms with Gasteiger partial charge in [-0.1, -0.05) is 42.5 Å². The molecule has 4 rings (SSSR count). The van der Waals surface area contributed by atoms with Crippen LogP contribution in [0.15, 0.2) is 78.4 Å². The molecule has 0 bridgehead atoms. The molecule has 0 radical (unpaired) electrons. The Morgan fingerprint density at radius 1 is 1.00 bits per heavy atom. The number of hydrogen-bond acceptors (Lipinski definition) is 6. The highest BCUT2D eigenvalue weighted by atomic mass is 16.5. The third-order valence-electron chi connectivity index (χ3n) is 5.93. The summed E-state index contributed by atoms with van der Waals surface area (Å²) in [4.78, 5) is 40.4. The Kier molecular flexibility index (Phi) is 6.68. The molecule has 3 aromatic carbocycles. The lowest BCUT2D eigenvalue weighted by Crippen LogP contribution is -2.30. The van der Waals surface area contributed by atoms with Crippen LogP contribution in [0.3, 0.4) is 0 Å². The lowest BCUT2D eigenvalue weighted by molar-refractivity contribution is -0.132. The van der Waals surface area contributed by atoms with Gasteiger partial charge in [-0.05, 0) is 55.3 Å². The molecule has 0 spiro atoms. The minimum atomic E-state index is -0.918.